The summed E-state index contributed by atoms with van der Waals surface area (Å²) in [4.78, 5) is 16.0. The SMILES string of the molecule is O=C(C[NH+]1CCN(c2ccccc2)CC1)NCc1ccc2c(c1)OCO2. The van der Waals surface area contributed by atoms with Gasteiger partial charge in [0.05, 0.1) is 26.2 Å². The molecule has 0 aromatic heterocycles. The molecular weight excluding hydrogens is 330 g/mol. The monoisotopic (exact) mass is 354 g/mol. The molecular formula is C20H24N3O3+. The summed E-state index contributed by atoms with van der Waals surface area (Å²) in [5.41, 5.74) is 2.28. The summed E-state index contributed by atoms with van der Waals surface area (Å²) in [6.45, 7) is 5.22. The maximum absolute atomic E-state index is 12.3. The fourth-order valence-corrected chi connectivity index (χ4v) is 3.44. The first kappa shape index (κ1) is 16.7. The number of piperazine rings is 1. The molecule has 6 heteroatoms. The summed E-state index contributed by atoms with van der Waals surface area (Å²) in [5.74, 6) is 1.60. The fourth-order valence-electron chi connectivity index (χ4n) is 3.44. The fraction of sp³-hybridized carbons (Fsp3) is 0.350. The van der Waals surface area contributed by atoms with Gasteiger partial charge in [0.15, 0.2) is 18.0 Å². The largest absolute Gasteiger partial charge is 0.454 e. The number of rotatable bonds is 5. The van der Waals surface area contributed by atoms with Crippen molar-refractivity contribution in [2.24, 2.45) is 0 Å². The Morgan fingerprint density at radius 3 is 2.62 bits per heavy atom. The Balaban J connectivity index is 1.22. The predicted octanol–water partition coefficient (Wildman–Crippen LogP) is 0.437. The van der Waals surface area contributed by atoms with Crippen LogP contribution in [0.4, 0.5) is 5.69 Å². The number of hydrogen-bond donors (Lipinski definition) is 2. The third-order valence-corrected chi connectivity index (χ3v) is 4.93. The van der Waals surface area contributed by atoms with E-state index in [9.17, 15) is 4.79 Å². The minimum absolute atomic E-state index is 0.0887. The molecule has 2 aliphatic rings. The second-order valence-electron chi connectivity index (χ2n) is 6.71. The molecule has 1 amide bonds. The van der Waals surface area contributed by atoms with Crippen molar-refractivity contribution in [3.8, 4) is 11.5 Å². The van der Waals surface area contributed by atoms with Crippen molar-refractivity contribution in [3.63, 3.8) is 0 Å². The average Bonchev–Trinajstić information content (AvgIpc) is 3.15. The molecule has 1 saturated heterocycles. The molecule has 0 atom stereocenters. The molecule has 0 bridgehead atoms. The van der Waals surface area contributed by atoms with Crippen molar-refractivity contribution >= 4 is 11.6 Å². The quantitative estimate of drug-likeness (QED) is 0.818. The lowest BCUT2D eigenvalue weighted by Crippen LogP contribution is -3.15. The number of quaternary nitrogens is 1. The molecule has 2 aliphatic heterocycles. The molecule has 2 aromatic rings. The van der Waals surface area contributed by atoms with Gasteiger partial charge in [0.1, 0.15) is 0 Å². The zero-order valence-electron chi connectivity index (χ0n) is 14.7. The number of hydrogen-bond acceptors (Lipinski definition) is 4. The van der Waals surface area contributed by atoms with Crippen LogP contribution in [0.15, 0.2) is 48.5 Å². The van der Waals surface area contributed by atoms with E-state index in [-0.39, 0.29) is 12.7 Å². The first-order valence-electron chi connectivity index (χ1n) is 9.07. The molecule has 136 valence electrons. The Kier molecular flexibility index (Phi) is 4.93. The highest BCUT2D eigenvalue weighted by molar-refractivity contribution is 5.76. The Hall–Kier alpha value is -2.73. The van der Waals surface area contributed by atoms with E-state index in [0.717, 1.165) is 43.2 Å². The molecule has 0 aliphatic carbocycles. The molecule has 2 heterocycles. The first-order valence-corrected chi connectivity index (χ1v) is 9.07. The molecule has 0 saturated carbocycles. The number of carbonyl (C=O) groups excluding carboxylic acids is 1. The van der Waals surface area contributed by atoms with Gasteiger partial charge >= 0.3 is 0 Å². The van der Waals surface area contributed by atoms with Crippen LogP contribution in [-0.4, -0.2) is 45.4 Å². The van der Waals surface area contributed by atoms with Crippen LogP contribution in [0.2, 0.25) is 0 Å². The number of ether oxygens (including phenoxy) is 2. The van der Waals surface area contributed by atoms with Crippen LogP contribution in [0, 0.1) is 0 Å². The molecule has 0 spiro atoms. The molecule has 0 unspecified atom stereocenters. The standard InChI is InChI=1S/C20H23N3O3/c24-20(21-13-16-6-7-18-19(12-16)26-15-25-18)14-22-8-10-23(11-9-22)17-4-2-1-3-5-17/h1-7,12H,8-11,13-15H2,(H,21,24)/p+1. The number of carbonyl (C=O) groups is 1. The number of amides is 1. The Morgan fingerprint density at radius 2 is 1.81 bits per heavy atom. The van der Waals surface area contributed by atoms with Crippen LogP contribution in [0.1, 0.15) is 5.56 Å². The minimum atomic E-state index is 0.0887. The smallest absolute Gasteiger partial charge is 0.275 e. The van der Waals surface area contributed by atoms with Crippen molar-refractivity contribution in [1.29, 1.82) is 0 Å². The zero-order valence-corrected chi connectivity index (χ0v) is 14.7. The molecule has 6 nitrogen and oxygen atoms in total. The molecule has 0 radical (unpaired) electrons. The third-order valence-electron chi connectivity index (χ3n) is 4.93. The third kappa shape index (κ3) is 3.91. The number of para-hydroxylation sites is 1. The van der Waals surface area contributed by atoms with Crippen LogP contribution in [-0.2, 0) is 11.3 Å². The van der Waals surface area contributed by atoms with E-state index in [1.807, 2.05) is 24.3 Å². The molecule has 4 rings (SSSR count). The van der Waals surface area contributed by atoms with Crippen LogP contribution < -0.4 is 24.6 Å². The van der Waals surface area contributed by atoms with E-state index >= 15 is 0 Å². The van der Waals surface area contributed by atoms with E-state index in [4.69, 9.17) is 9.47 Å². The second-order valence-corrected chi connectivity index (χ2v) is 6.71. The molecule has 26 heavy (non-hydrogen) atoms. The van der Waals surface area contributed by atoms with Gasteiger partial charge in [0.25, 0.3) is 5.91 Å². The zero-order chi connectivity index (χ0) is 17.8. The van der Waals surface area contributed by atoms with Crippen molar-refractivity contribution in [2.75, 3.05) is 44.4 Å². The average molecular weight is 354 g/mol. The van der Waals surface area contributed by atoms with Gasteiger partial charge in [-0.3, -0.25) is 4.79 Å². The van der Waals surface area contributed by atoms with Gasteiger partial charge in [-0.25, -0.2) is 0 Å². The van der Waals surface area contributed by atoms with Gasteiger partial charge in [-0.1, -0.05) is 24.3 Å². The van der Waals surface area contributed by atoms with Crippen molar-refractivity contribution in [2.45, 2.75) is 6.54 Å². The molecule has 2 aromatic carbocycles. The van der Waals surface area contributed by atoms with Gasteiger partial charge in [-0.15, -0.1) is 0 Å². The number of nitrogens with zero attached hydrogens (tertiary/aromatic N) is 1. The van der Waals surface area contributed by atoms with E-state index in [1.165, 1.54) is 10.6 Å². The summed E-state index contributed by atoms with van der Waals surface area (Å²) < 4.78 is 10.7. The number of benzene rings is 2. The van der Waals surface area contributed by atoms with E-state index < -0.39 is 0 Å². The van der Waals surface area contributed by atoms with E-state index in [0.29, 0.717) is 13.1 Å². The van der Waals surface area contributed by atoms with Gasteiger partial charge < -0.3 is 24.6 Å². The predicted molar refractivity (Wildman–Crippen MR) is 98.6 cm³/mol. The summed E-state index contributed by atoms with van der Waals surface area (Å²) >= 11 is 0. The lowest BCUT2D eigenvalue weighted by molar-refractivity contribution is -0.892. The lowest BCUT2D eigenvalue weighted by atomic mass is 10.2. The summed E-state index contributed by atoms with van der Waals surface area (Å²) in [5, 5.41) is 3.01. The highest BCUT2D eigenvalue weighted by Gasteiger charge is 2.22. The Labute approximate surface area is 153 Å². The lowest BCUT2D eigenvalue weighted by Gasteiger charge is -2.33. The number of nitrogens with one attached hydrogen (secondary N) is 2. The van der Waals surface area contributed by atoms with E-state index in [1.54, 1.807) is 0 Å². The summed E-state index contributed by atoms with van der Waals surface area (Å²) in [6, 6.07) is 16.2. The van der Waals surface area contributed by atoms with Crippen LogP contribution in [0.25, 0.3) is 0 Å². The number of anilines is 1. The maximum Gasteiger partial charge on any atom is 0.275 e. The van der Waals surface area contributed by atoms with Gasteiger partial charge in [-0.05, 0) is 29.8 Å². The van der Waals surface area contributed by atoms with Gasteiger partial charge in [0, 0.05) is 12.2 Å². The minimum Gasteiger partial charge on any atom is -0.454 e. The second kappa shape index (κ2) is 7.66. The van der Waals surface area contributed by atoms with Crippen LogP contribution >= 0.6 is 0 Å². The first-order chi connectivity index (χ1) is 12.8. The van der Waals surface area contributed by atoms with Crippen LogP contribution in [0.5, 0.6) is 11.5 Å². The maximum atomic E-state index is 12.3. The molecule has 2 N–H and O–H groups in total. The van der Waals surface area contributed by atoms with Crippen molar-refractivity contribution in [3.05, 3.63) is 54.1 Å². The summed E-state index contributed by atoms with van der Waals surface area (Å²) in [6.07, 6.45) is 0. The highest BCUT2D eigenvalue weighted by Crippen LogP contribution is 2.32. The highest BCUT2D eigenvalue weighted by atomic mass is 16.7. The van der Waals surface area contributed by atoms with Crippen molar-refractivity contribution < 1.29 is 19.2 Å². The Bertz CT molecular complexity index is 758. The Morgan fingerprint density at radius 1 is 1.04 bits per heavy atom. The van der Waals surface area contributed by atoms with Gasteiger partial charge in [0.2, 0.25) is 6.79 Å². The number of fused-ring (bicyclic) bond motifs is 1. The normalized spacial score (nSPS) is 16.5. The van der Waals surface area contributed by atoms with Crippen LogP contribution in [0.3, 0.4) is 0 Å². The summed E-state index contributed by atoms with van der Waals surface area (Å²) in [7, 11) is 0. The topological polar surface area (TPSA) is 55.2 Å². The van der Waals surface area contributed by atoms with E-state index in [2.05, 4.69) is 34.5 Å². The van der Waals surface area contributed by atoms with Gasteiger partial charge in [-0.2, -0.15) is 0 Å². The van der Waals surface area contributed by atoms with Crippen molar-refractivity contribution in [1.82, 2.24) is 5.32 Å². The molecule has 1 fully saturated rings.